The lowest BCUT2D eigenvalue weighted by atomic mass is 10.4. The number of anilines is 1. The summed E-state index contributed by atoms with van der Waals surface area (Å²) in [6.07, 6.45) is 4.49. The number of aryl methyl sites for hydroxylation is 1. The van der Waals surface area contributed by atoms with Crippen molar-refractivity contribution >= 4 is 46.3 Å². The zero-order valence-corrected chi connectivity index (χ0v) is 16.6. The van der Waals surface area contributed by atoms with E-state index in [-0.39, 0.29) is 0 Å². The van der Waals surface area contributed by atoms with Crippen LogP contribution in [0, 0.1) is 0 Å². The van der Waals surface area contributed by atoms with Gasteiger partial charge in [0.2, 0.25) is 0 Å². The second-order valence-corrected chi connectivity index (χ2v) is 7.15. The molecule has 2 aromatic rings. The number of hydrogen-bond acceptors (Lipinski definition) is 5. The van der Waals surface area contributed by atoms with Gasteiger partial charge in [0.1, 0.15) is 10.8 Å². The van der Waals surface area contributed by atoms with Gasteiger partial charge in [-0.05, 0) is 19.4 Å². The van der Waals surface area contributed by atoms with Gasteiger partial charge in [-0.15, -0.1) is 11.3 Å². The standard InChI is InChI=1S/C16H22Cl2N6S/c1-3-12-9-22-14(25-12)10-24-16(19-4-2)21-6-5-20-15-13(18)7-11(17)8-23-15/h7-9H,3-6,10H2,1-2H3,(H,20,23)(H2,19,21,24). The topological polar surface area (TPSA) is 74.2 Å². The molecule has 0 aromatic carbocycles. The molecule has 0 aliphatic rings. The maximum atomic E-state index is 6.08. The monoisotopic (exact) mass is 400 g/mol. The van der Waals surface area contributed by atoms with Gasteiger partial charge in [0.25, 0.3) is 0 Å². The van der Waals surface area contributed by atoms with E-state index >= 15 is 0 Å². The third-order valence-electron chi connectivity index (χ3n) is 3.18. The van der Waals surface area contributed by atoms with Crippen LogP contribution in [-0.2, 0) is 13.0 Å². The van der Waals surface area contributed by atoms with Crippen LogP contribution in [0.15, 0.2) is 23.5 Å². The fourth-order valence-electron chi connectivity index (χ4n) is 1.98. The molecule has 0 amide bonds. The summed E-state index contributed by atoms with van der Waals surface area (Å²) in [7, 11) is 0. The molecule has 0 fully saturated rings. The van der Waals surface area contributed by atoms with Crippen LogP contribution in [0.3, 0.4) is 0 Å². The Morgan fingerprint density at radius 2 is 2.00 bits per heavy atom. The number of aliphatic imine (C=N–C) groups is 1. The molecular weight excluding hydrogens is 379 g/mol. The summed E-state index contributed by atoms with van der Waals surface area (Å²) in [5, 5.41) is 11.7. The number of rotatable bonds is 8. The molecule has 9 heteroatoms. The highest BCUT2D eigenvalue weighted by Crippen LogP contribution is 2.22. The molecular formula is C16H22Cl2N6S. The summed E-state index contributed by atoms with van der Waals surface area (Å²) in [4.78, 5) is 14.4. The first-order chi connectivity index (χ1) is 12.1. The highest BCUT2D eigenvalue weighted by atomic mass is 35.5. The molecule has 2 aromatic heterocycles. The van der Waals surface area contributed by atoms with Gasteiger partial charge in [-0.3, -0.25) is 0 Å². The number of guanidine groups is 1. The molecule has 2 rings (SSSR count). The number of thiazole rings is 1. The predicted molar refractivity (Wildman–Crippen MR) is 107 cm³/mol. The van der Waals surface area contributed by atoms with Gasteiger partial charge in [-0.2, -0.15) is 0 Å². The van der Waals surface area contributed by atoms with E-state index in [4.69, 9.17) is 23.2 Å². The van der Waals surface area contributed by atoms with Gasteiger partial charge >= 0.3 is 0 Å². The molecule has 136 valence electrons. The number of nitrogens with one attached hydrogen (secondary N) is 3. The summed E-state index contributed by atoms with van der Waals surface area (Å²) in [5.41, 5.74) is 0. The number of pyridine rings is 1. The highest BCUT2D eigenvalue weighted by Gasteiger charge is 2.03. The lowest BCUT2D eigenvalue weighted by Crippen LogP contribution is -2.39. The van der Waals surface area contributed by atoms with Gasteiger partial charge in [0, 0.05) is 36.9 Å². The Morgan fingerprint density at radius 3 is 2.68 bits per heavy atom. The molecule has 2 heterocycles. The third-order valence-corrected chi connectivity index (χ3v) is 4.81. The van der Waals surface area contributed by atoms with Gasteiger partial charge in [0.15, 0.2) is 5.96 Å². The molecule has 6 nitrogen and oxygen atoms in total. The van der Waals surface area contributed by atoms with E-state index in [0.29, 0.717) is 35.5 Å². The predicted octanol–water partition coefficient (Wildman–Crippen LogP) is 3.57. The Morgan fingerprint density at radius 1 is 1.16 bits per heavy atom. The van der Waals surface area contributed by atoms with Crippen LogP contribution in [0.25, 0.3) is 0 Å². The van der Waals surface area contributed by atoms with Crippen molar-refractivity contribution in [3.05, 3.63) is 38.4 Å². The average molecular weight is 401 g/mol. The van der Waals surface area contributed by atoms with Crippen molar-refractivity contribution in [1.29, 1.82) is 0 Å². The lowest BCUT2D eigenvalue weighted by molar-refractivity contribution is 0.817. The lowest BCUT2D eigenvalue weighted by Gasteiger charge is -2.12. The normalized spacial score (nSPS) is 11.4. The molecule has 25 heavy (non-hydrogen) atoms. The molecule has 0 atom stereocenters. The van der Waals surface area contributed by atoms with Crippen molar-refractivity contribution < 1.29 is 0 Å². The summed E-state index contributed by atoms with van der Waals surface area (Å²) in [6, 6.07) is 1.66. The van der Waals surface area contributed by atoms with Gasteiger partial charge in [0.05, 0.1) is 16.6 Å². The van der Waals surface area contributed by atoms with Gasteiger partial charge < -0.3 is 16.0 Å². The van der Waals surface area contributed by atoms with Crippen LogP contribution in [-0.4, -0.2) is 35.6 Å². The minimum Gasteiger partial charge on any atom is -0.367 e. The van der Waals surface area contributed by atoms with E-state index in [1.165, 1.54) is 4.88 Å². The molecule has 0 spiro atoms. The fourth-order valence-corrected chi connectivity index (χ4v) is 3.21. The SMILES string of the molecule is CCNC(=NCc1ncc(CC)s1)NCCNc1ncc(Cl)cc1Cl. The van der Waals surface area contributed by atoms with Gasteiger partial charge in [-0.1, -0.05) is 30.1 Å². The van der Waals surface area contributed by atoms with Crippen molar-refractivity contribution in [1.82, 2.24) is 20.6 Å². The second-order valence-electron chi connectivity index (χ2n) is 5.11. The molecule has 3 N–H and O–H groups in total. The Bertz CT molecular complexity index is 704. The van der Waals surface area contributed by atoms with E-state index in [9.17, 15) is 0 Å². The first kappa shape index (κ1) is 19.8. The van der Waals surface area contributed by atoms with E-state index in [1.54, 1.807) is 23.6 Å². The number of aromatic nitrogens is 2. The zero-order chi connectivity index (χ0) is 18.1. The van der Waals surface area contributed by atoms with E-state index in [2.05, 4.69) is 37.8 Å². The minimum atomic E-state index is 0.503. The molecule has 0 unspecified atom stereocenters. The van der Waals surface area contributed by atoms with Crippen LogP contribution >= 0.6 is 34.5 Å². The Hall–Kier alpha value is -1.57. The smallest absolute Gasteiger partial charge is 0.191 e. The first-order valence-electron chi connectivity index (χ1n) is 8.13. The summed E-state index contributed by atoms with van der Waals surface area (Å²) in [5.74, 6) is 1.37. The van der Waals surface area contributed by atoms with E-state index in [1.807, 2.05) is 13.1 Å². The Balaban J connectivity index is 1.81. The molecule has 0 bridgehead atoms. The quantitative estimate of drug-likeness (QED) is 0.358. The number of halogens is 2. The fraction of sp³-hybridized carbons (Fsp3) is 0.438. The maximum absolute atomic E-state index is 6.08. The number of hydrogen-bond donors (Lipinski definition) is 3. The molecule has 0 saturated carbocycles. The van der Waals surface area contributed by atoms with Crippen molar-refractivity contribution in [2.45, 2.75) is 26.8 Å². The van der Waals surface area contributed by atoms with Gasteiger partial charge in [-0.25, -0.2) is 15.0 Å². The number of nitrogens with zero attached hydrogens (tertiary/aromatic N) is 3. The highest BCUT2D eigenvalue weighted by molar-refractivity contribution is 7.11. The average Bonchev–Trinajstić information content (AvgIpc) is 3.06. The van der Waals surface area contributed by atoms with Crippen LogP contribution in [0.1, 0.15) is 23.7 Å². The van der Waals surface area contributed by atoms with Crippen LogP contribution in [0.2, 0.25) is 10.0 Å². The van der Waals surface area contributed by atoms with E-state index in [0.717, 1.165) is 23.9 Å². The van der Waals surface area contributed by atoms with Crippen LogP contribution in [0.4, 0.5) is 5.82 Å². The summed E-state index contributed by atoms with van der Waals surface area (Å²) >= 11 is 13.6. The largest absolute Gasteiger partial charge is 0.367 e. The molecule has 0 radical (unpaired) electrons. The van der Waals surface area contributed by atoms with Crippen molar-refractivity contribution in [3.8, 4) is 0 Å². The summed E-state index contributed by atoms with van der Waals surface area (Å²) in [6.45, 7) is 6.84. The van der Waals surface area contributed by atoms with Crippen molar-refractivity contribution in [3.63, 3.8) is 0 Å². The van der Waals surface area contributed by atoms with Crippen LogP contribution < -0.4 is 16.0 Å². The Kier molecular flexibility index (Phi) is 8.24. The van der Waals surface area contributed by atoms with Crippen molar-refractivity contribution in [2.24, 2.45) is 4.99 Å². The van der Waals surface area contributed by atoms with Crippen LogP contribution in [0.5, 0.6) is 0 Å². The third kappa shape index (κ3) is 6.68. The molecule has 0 saturated heterocycles. The second kappa shape index (κ2) is 10.4. The first-order valence-corrected chi connectivity index (χ1v) is 9.70. The maximum Gasteiger partial charge on any atom is 0.191 e. The van der Waals surface area contributed by atoms with E-state index < -0.39 is 0 Å². The molecule has 0 aliphatic carbocycles. The summed E-state index contributed by atoms with van der Waals surface area (Å²) < 4.78 is 0. The zero-order valence-electron chi connectivity index (χ0n) is 14.3. The Labute approximate surface area is 162 Å². The van der Waals surface area contributed by atoms with Crippen molar-refractivity contribution in [2.75, 3.05) is 25.0 Å². The molecule has 0 aliphatic heterocycles. The minimum absolute atomic E-state index is 0.503.